The second-order valence-corrected chi connectivity index (χ2v) is 8.78. The van der Waals surface area contributed by atoms with Crippen LogP contribution in [0, 0.1) is 0 Å². The zero-order chi connectivity index (χ0) is 28.3. The summed E-state index contributed by atoms with van der Waals surface area (Å²) in [6.07, 6.45) is -4.65. The first-order valence-electron chi connectivity index (χ1n) is 11.6. The quantitative estimate of drug-likeness (QED) is 0.121. The molecule has 0 aromatic heterocycles. The molecule has 5 unspecified atom stereocenters. The Balaban J connectivity index is 1.45. The zero-order valence-corrected chi connectivity index (χ0v) is 20.2. The van der Waals surface area contributed by atoms with Gasteiger partial charge in [-0.1, -0.05) is 24.3 Å². The fourth-order valence-electron chi connectivity index (χ4n) is 3.80. The van der Waals surface area contributed by atoms with Gasteiger partial charge in [0.25, 0.3) is 0 Å². The molecule has 0 saturated carbocycles. The first-order valence-corrected chi connectivity index (χ1v) is 11.6. The number of aliphatic hydroxyl groups is 3. The van der Waals surface area contributed by atoms with Gasteiger partial charge in [0.2, 0.25) is 6.29 Å². The number of hydrogen-bond acceptors (Lipinski definition) is 12. The van der Waals surface area contributed by atoms with Crippen molar-refractivity contribution in [2.24, 2.45) is 0 Å². The SMILES string of the molecule is O=C(OCC1OC(Oc2cc(O)cc(/C=C/c3ccc(O)cc3)c2)C(O)C(O)C1O)c1cc(O)c(O)c(O)c1. The molecule has 39 heavy (non-hydrogen) atoms. The van der Waals surface area contributed by atoms with Gasteiger partial charge < -0.3 is 55.1 Å². The molecule has 4 rings (SSSR count). The lowest BCUT2D eigenvalue weighted by Crippen LogP contribution is -2.60. The van der Waals surface area contributed by atoms with Crippen LogP contribution in [0.2, 0.25) is 0 Å². The van der Waals surface area contributed by atoms with Crippen LogP contribution < -0.4 is 4.74 Å². The number of rotatable bonds is 7. The van der Waals surface area contributed by atoms with E-state index in [2.05, 4.69) is 0 Å². The van der Waals surface area contributed by atoms with Crippen molar-refractivity contribution in [2.75, 3.05) is 6.61 Å². The van der Waals surface area contributed by atoms with Crippen molar-refractivity contribution < 1.29 is 59.9 Å². The number of benzene rings is 3. The minimum atomic E-state index is -1.75. The molecule has 1 aliphatic rings. The van der Waals surface area contributed by atoms with Gasteiger partial charge in [0.05, 0.1) is 5.56 Å². The third-order valence-electron chi connectivity index (χ3n) is 5.88. The molecule has 0 amide bonds. The van der Waals surface area contributed by atoms with Crippen LogP contribution in [-0.4, -0.2) is 84.1 Å². The van der Waals surface area contributed by atoms with E-state index < -0.39 is 60.5 Å². The maximum absolute atomic E-state index is 12.3. The van der Waals surface area contributed by atoms with Crippen LogP contribution in [0.3, 0.4) is 0 Å². The lowest BCUT2D eigenvalue weighted by molar-refractivity contribution is -0.277. The summed E-state index contributed by atoms with van der Waals surface area (Å²) in [5.41, 5.74) is 0.973. The summed E-state index contributed by atoms with van der Waals surface area (Å²) in [5.74, 6) is -3.38. The third-order valence-corrected chi connectivity index (χ3v) is 5.88. The molecule has 0 radical (unpaired) electrons. The molecule has 1 fully saturated rings. The molecular formula is C27H26O12. The van der Waals surface area contributed by atoms with E-state index in [0.29, 0.717) is 5.56 Å². The van der Waals surface area contributed by atoms with E-state index in [1.165, 1.54) is 30.3 Å². The van der Waals surface area contributed by atoms with Crippen LogP contribution in [0.25, 0.3) is 12.2 Å². The summed E-state index contributed by atoms with van der Waals surface area (Å²) in [5, 5.41) is 79.1. The Kier molecular flexibility index (Phi) is 8.12. The second kappa shape index (κ2) is 11.5. The molecule has 0 aliphatic carbocycles. The number of ether oxygens (including phenoxy) is 3. The largest absolute Gasteiger partial charge is 0.508 e. The molecule has 0 spiro atoms. The highest BCUT2D eigenvalue weighted by Gasteiger charge is 2.45. The number of carbonyl (C=O) groups excluding carboxylic acids is 1. The van der Waals surface area contributed by atoms with Crippen LogP contribution in [0.15, 0.2) is 54.6 Å². The van der Waals surface area contributed by atoms with E-state index in [0.717, 1.165) is 17.7 Å². The van der Waals surface area contributed by atoms with Crippen molar-refractivity contribution in [3.05, 3.63) is 71.3 Å². The molecule has 5 atom stereocenters. The Morgan fingerprint density at radius 3 is 2.08 bits per heavy atom. The average molecular weight is 542 g/mol. The number of aromatic hydroxyl groups is 5. The van der Waals surface area contributed by atoms with E-state index >= 15 is 0 Å². The van der Waals surface area contributed by atoms with Crippen LogP contribution in [0.4, 0.5) is 0 Å². The number of phenols is 5. The Labute approximate surface area is 221 Å². The normalized spacial score (nSPS) is 23.0. The van der Waals surface area contributed by atoms with E-state index in [-0.39, 0.29) is 22.8 Å². The van der Waals surface area contributed by atoms with Gasteiger partial charge in [-0.2, -0.15) is 0 Å². The summed E-state index contributed by atoms with van der Waals surface area (Å²) in [6.45, 7) is -0.618. The van der Waals surface area contributed by atoms with Crippen molar-refractivity contribution in [3.8, 4) is 34.5 Å². The van der Waals surface area contributed by atoms with Gasteiger partial charge in [-0.3, -0.25) is 0 Å². The van der Waals surface area contributed by atoms with Crippen LogP contribution in [-0.2, 0) is 9.47 Å². The number of hydrogen-bond donors (Lipinski definition) is 8. The second-order valence-electron chi connectivity index (χ2n) is 8.78. The minimum absolute atomic E-state index is 0.0544. The number of aliphatic hydroxyl groups excluding tert-OH is 3. The topological polar surface area (TPSA) is 207 Å². The fraction of sp³-hybridized carbons (Fsp3) is 0.222. The summed E-state index contributed by atoms with van der Waals surface area (Å²) in [4.78, 5) is 12.3. The summed E-state index contributed by atoms with van der Waals surface area (Å²) in [7, 11) is 0. The number of carbonyl (C=O) groups is 1. The molecule has 12 heteroatoms. The predicted octanol–water partition coefficient (Wildman–Crippen LogP) is 1.43. The van der Waals surface area contributed by atoms with Crippen molar-refractivity contribution in [1.29, 1.82) is 0 Å². The van der Waals surface area contributed by atoms with Gasteiger partial charge in [0.15, 0.2) is 17.2 Å². The van der Waals surface area contributed by atoms with Crippen molar-refractivity contribution in [3.63, 3.8) is 0 Å². The van der Waals surface area contributed by atoms with Gasteiger partial charge >= 0.3 is 5.97 Å². The highest BCUT2D eigenvalue weighted by molar-refractivity contribution is 5.91. The third kappa shape index (κ3) is 6.51. The van der Waals surface area contributed by atoms with Gasteiger partial charge in [-0.15, -0.1) is 0 Å². The number of phenolic OH excluding ortho intramolecular Hbond substituents is 5. The molecule has 1 heterocycles. The Morgan fingerprint density at radius 2 is 1.41 bits per heavy atom. The Morgan fingerprint density at radius 1 is 0.769 bits per heavy atom. The lowest BCUT2D eigenvalue weighted by Gasteiger charge is -2.39. The van der Waals surface area contributed by atoms with Crippen LogP contribution in [0.5, 0.6) is 34.5 Å². The Hall–Kier alpha value is -4.49. The molecule has 3 aromatic rings. The van der Waals surface area contributed by atoms with Crippen molar-refractivity contribution in [2.45, 2.75) is 30.7 Å². The standard InChI is InChI=1S/C27H26O12/c28-16-5-3-13(4-6-16)1-2-14-7-17(29)11-18(8-14)38-27-25(35)24(34)23(33)21(39-27)12-37-26(36)15-9-19(30)22(32)20(31)10-15/h1-11,21,23-25,27-35H,12H2/b2-1+. The molecule has 12 nitrogen and oxygen atoms in total. The minimum Gasteiger partial charge on any atom is -0.508 e. The molecule has 3 aromatic carbocycles. The zero-order valence-electron chi connectivity index (χ0n) is 20.2. The molecular weight excluding hydrogens is 516 g/mol. The highest BCUT2D eigenvalue weighted by Crippen LogP contribution is 2.35. The van der Waals surface area contributed by atoms with Crippen LogP contribution >= 0.6 is 0 Å². The monoisotopic (exact) mass is 542 g/mol. The molecule has 1 saturated heterocycles. The van der Waals surface area contributed by atoms with E-state index in [9.17, 15) is 45.6 Å². The maximum Gasteiger partial charge on any atom is 0.338 e. The van der Waals surface area contributed by atoms with Gasteiger partial charge in [0, 0.05) is 6.07 Å². The molecule has 8 N–H and O–H groups in total. The summed E-state index contributed by atoms with van der Waals surface area (Å²) in [6, 6.07) is 12.3. The van der Waals surface area contributed by atoms with E-state index in [1.807, 2.05) is 0 Å². The molecule has 0 bridgehead atoms. The van der Waals surface area contributed by atoms with Gasteiger partial charge in [-0.25, -0.2) is 4.79 Å². The lowest BCUT2D eigenvalue weighted by atomic mass is 9.99. The first kappa shape index (κ1) is 27.5. The van der Waals surface area contributed by atoms with E-state index in [1.54, 1.807) is 24.3 Å². The van der Waals surface area contributed by atoms with Crippen LogP contribution in [0.1, 0.15) is 21.5 Å². The average Bonchev–Trinajstić information content (AvgIpc) is 2.90. The number of esters is 1. The van der Waals surface area contributed by atoms with Crippen molar-refractivity contribution in [1.82, 2.24) is 0 Å². The maximum atomic E-state index is 12.3. The highest BCUT2D eigenvalue weighted by atomic mass is 16.7. The van der Waals surface area contributed by atoms with Gasteiger partial charge in [0.1, 0.15) is 48.3 Å². The van der Waals surface area contributed by atoms with E-state index in [4.69, 9.17) is 14.2 Å². The summed E-state index contributed by atoms with van der Waals surface area (Å²) >= 11 is 0. The Bertz CT molecular complexity index is 1330. The summed E-state index contributed by atoms with van der Waals surface area (Å²) < 4.78 is 16.2. The molecule has 206 valence electrons. The van der Waals surface area contributed by atoms with Crippen molar-refractivity contribution >= 4 is 18.1 Å². The molecule has 1 aliphatic heterocycles. The fourth-order valence-corrected chi connectivity index (χ4v) is 3.80. The first-order chi connectivity index (χ1) is 18.5. The smallest absolute Gasteiger partial charge is 0.338 e. The predicted molar refractivity (Wildman–Crippen MR) is 134 cm³/mol. The van der Waals surface area contributed by atoms with Gasteiger partial charge in [-0.05, 0) is 47.5 Å².